The van der Waals surface area contributed by atoms with Crippen molar-refractivity contribution in [2.45, 2.75) is 45.8 Å². The van der Waals surface area contributed by atoms with Crippen molar-refractivity contribution in [3.63, 3.8) is 0 Å². The molecule has 1 saturated heterocycles. The molecule has 0 N–H and O–H groups in total. The summed E-state index contributed by atoms with van der Waals surface area (Å²) < 4.78 is 11.4. The molecule has 0 spiro atoms. The van der Waals surface area contributed by atoms with Crippen molar-refractivity contribution in [1.82, 2.24) is 0 Å². The van der Waals surface area contributed by atoms with Crippen LogP contribution >= 0.6 is 11.6 Å². The third-order valence-electron chi connectivity index (χ3n) is 2.75. The van der Waals surface area contributed by atoms with Gasteiger partial charge in [0.15, 0.2) is 0 Å². The SMILES string of the molecule is C/C=C(\Cl)B1OC(C)(C)C(C)(C)O1. The Balaban J connectivity index is 2.82. The second-order valence-electron chi connectivity index (χ2n) is 4.26. The van der Waals surface area contributed by atoms with E-state index in [0.717, 1.165) is 0 Å². The Bertz CT molecular complexity index is 220. The van der Waals surface area contributed by atoms with Gasteiger partial charge in [0.25, 0.3) is 0 Å². The highest BCUT2D eigenvalue weighted by atomic mass is 35.5. The van der Waals surface area contributed by atoms with Crippen LogP contribution in [-0.2, 0) is 9.31 Å². The van der Waals surface area contributed by atoms with Gasteiger partial charge < -0.3 is 9.31 Å². The van der Waals surface area contributed by atoms with Gasteiger partial charge in [-0.15, -0.1) is 0 Å². The smallest absolute Gasteiger partial charge is 0.399 e. The van der Waals surface area contributed by atoms with Crippen molar-refractivity contribution in [3.05, 3.63) is 11.0 Å². The van der Waals surface area contributed by atoms with Gasteiger partial charge in [-0.25, -0.2) is 0 Å². The lowest BCUT2D eigenvalue weighted by atomic mass is 9.89. The summed E-state index contributed by atoms with van der Waals surface area (Å²) in [6.07, 6.45) is 1.80. The maximum Gasteiger partial charge on any atom is 0.506 e. The van der Waals surface area contributed by atoms with Crippen molar-refractivity contribution in [2.24, 2.45) is 0 Å². The van der Waals surface area contributed by atoms with Crippen LogP contribution in [0.15, 0.2) is 11.0 Å². The molecule has 0 bridgehead atoms. The standard InChI is InChI=1S/C9H16BClO2/c1-6-7(11)10-12-8(2,3)9(4,5)13-10/h6H,1-5H3/b7-6-. The lowest BCUT2D eigenvalue weighted by Gasteiger charge is -2.32. The summed E-state index contributed by atoms with van der Waals surface area (Å²) in [6, 6.07) is 0. The van der Waals surface area contributed by atoms with Crippen molar-refractivity contribution >= 4 is 18.7 Å². The normalized spacial score (nSPS) is 26.6. The van der Waals surface area contributed by atoms with E-state index in [4.69, 9.17) is 20.9 Å². The Kier molecular flexibility index (Phi) is 2.82. The molecule has 4 heteroatoms. The van der Waals surface area contributed by atoms with Gasteiger partial charge in [0.2, 0.25) is 0 Å². The zero-order chi connectivity index (χ0) is 10.3. The summed E-state index contributed by atoms with van der Waals surface area (Å²) in [7, 11) is -0.406. The Morgan fingerprint density at radius 2 is 1.54 bits per heavy atom. The van der Waals surface area contributed by atoms with Gasteiger partial charge in [0, 0.05) is 4.93 Å². The Labute approximate surface area is 85.4 Å². The van der Waals surface area contributed by atoms with E-state index >= 15 is 0 Å². The fourth-order valence-corrected chi connectivity index (χ4v) is 1.18. The van der Waals surface area contributed by atoms with Crippen LogP contribution < -0.4 is 0 Å². The van der Waals surface area contributed by atoms with Crippen molar-refractivity contribution in [3.8, 4) is 0 Å². The topological polar surface area (TPSA) is 18.5 Å². The van der Waals surface area contributed by atoms with Crippen LogP contribution in [0.1, 0.15) is 34.6 Å². The van der Waals surface area contributed by atoms with Crippen molar-refractivity contribution in [1.29, 1.82) is 0 Å². The van der Waals surface area contributed by atoms with E-state index in [1.54, 1.807) is 6.08 Å². The molecule has 13 heavy (non-hydrogen) atoms. The molecular weight excluding hydrogens is 186 g/mol. The summed E-state index contributed by atoms with van der Waals surface area (Å²) in [4.78, 5) is 0.610. The first kappa shape index (κ1) is 11.1. The largest absolute Gasteiger partial charge is 0.506 e. The predicted octanol–water partition coefficient (Wildman–Crippen LogP) is 2.76. The van der Waals surface area contributed by atoms with Gasteiger partial charge in [0.1, 0.15) is 0 Å². The fourth-order valence-electron chi connectivity index (χ4n) is 1.09. The quantitative estimate of drug-likeness (QED) is 0.609. The van der Waals surface area contributed by atoms with Gasteiger partial charge in [-0.3, -0.25) is 0 Å². The monoisotopic (exact) mass is 202 g/mol. The molecule has 0 amide bonds. The molecule has 1 aliphatic rings. The van der Waals surface area contributed by atoms with Crippen LogP contribution in [0.25, 0.3) is 0 Å². The number of hydrogen-bond acceptors (Lipinski definition) is 2. The van der Waals surface area contributed by atoms with Gasteiger partial charge in [0.05, 0.1) is 11.2 Å². The molecule has 0 saturated carbocycles. The zero-order valence-electron chi connectivity index (χ0n) is 8.85. The highest BCUT2D eigenvalue weighted by Gasteiger charge is 2.52. The van der Waals surface area contributed by atoms with E-state index < -0.39 is 7.12 Å². The first-order valence-electron chi connectivity index (χ1n) is 4.47. The second-order valence-corrected chi connectivity index (χ2v) is 4.70. The third-order valence-corrected chi connectivity index (χ3v) is 3.15. The van der Waals surface area contributed by atoms with Crippen LogP contribution in [0.2, 0.25) is 0 Å². The number of hydrogen-bond donors (Lipinski definition) is 0. The first-order valence-corrected chi connectivity index (χ1v) is 4.85. The molecule has 0 atom stereocenters. The highest BCUT2D eigenvalue weighted by Crippen LogP contribution is 2.38. The lowest BCUT2D eigenvalue weighted by molar-refractivity contribution is 0.00578. The molecule has 1 rings (SSSR count). The second kappa shape index (κ2) is 3.30. The summed E-state index contributed by atoms with van der Waals surface area (Å²) in [5.41, 5.74) is -0.609. The van der Waals surface area contributed by atoms with Gasteiger partial charge in [-0.05, 0) is 34.6 Å². The van der Waals surface area contributed by atoms with E-state index in [-0.39, 0.29) is 11.2 Å². The van der Waals surface area contributed by atoms with Crippen molar-refractivity contribution in [2.75, 3.05) is 0 Å². The van der Waals surface area contributed by atoms with Crippen molar-refractivity contribution < 1.29 is 9.31 Å². The van der Waals surface area contributed by atoms with Crippen LogP contribution in [-0.4, -0.2) is 18.3 Å². The summed E-state index contributed by atoms with van der Waals surface area (Å²) in [5, 5.41) is 0. The van der Waals surface area contributed by atoms with E-state index in [1.165, 1.54) is 0 Å². The molecule has 1 fully saturated rings. The average molecular weight is 202 g/mol. The minimum atomic E-state index is -0.406. The average Bonchev–Trinajstić information content (AvgIpc) is 2.20. The molecule has 0 radical (unpaired) electrons. The Morgan fingerprint density at radius 1 is 1.15 bits per heavy atom. The number of halogens is 1. The molecule has 0 aromatic heterocycles. The lowest BCUT2D eigenvalue weighted by Crippen LogP contribution is -2.41. The maximum absolute atomic E-state index is 5.94. The maximum atomic E-state index is 5.94. The van der Waals surface area contributed by atoms with Crippen LogP contribution in [0, 0.1) is 0 Å². The number of allylic oxidation sites excluding steroid dienone is 1. The molecule has 0 aliphatic carbocycles. The van der Waals surface area contributed by atoms with Gasteiger partial charge in [-0.2, -0.15) is 0 Å². The molecule has 0 aromatic rings. The first-order chi connectivity index (χ1) is 5.80. The van der Waals surface area contributed by atoms with Crippen LogP contribution in [0.4, 0.5) is 0 Å². The predicted molar refractivity (Wildman–Crippen MR) is 55.7 cm³/mol. The zero-order valence-corrected chi connectivity index (χ0v) is 9.61. The third kappa shape index (κ3) is 1.93. The molecule has 74 valence electrons. The summed E-state index contributed by atoms with van der Waals surface area (Å²) in [5.74, 6) is 0. The van der Waals surface area contributed by atoms with Gasteiger partial charge >= 0.3 is 7.12 Å². The summed E-state index contributed by atoms with van der Waals surface area (Å²) >= 11 is 5.94. The highest BCUT2D eigenvalue weighted by molar-refractivity contribution is 6.69. The van der Waals surface area contributed by atoms with Gasteiger partial charge in [-0.1, -0.05) is 17.7 Å². The fraction of sp³-hybridized carbons (Fsp3) is 0.778. The minimum Gasteiger partial charge on any atom is -0.399 e. The van der Waals surface area contributed by atoms with Crippen LogP contribution in [0.3, 0.4) is 0 Å². The molecule has 1 heterocycles. The van der Waals surface area contributed by atoms with E-state index in [2.05, 4.69) is 0 Å². The molecule has 0 aromatic carbocycles. The molecule has 0 unspecified atom stereocenters. The Morgan fingerprint density at radius 3 is 1.85 bits per heavy atom. The van der Waals surface area contributed by atoms with E-state index in [0.29, 0.717) is 4.93 Å². The Hall–Kier alpha value is 0.0149. The summed E-state index contributed by atoms with van der Waals surface area (Å²) in [6.45, 7) is 9.90. The van der Waals surface area contributed by atoms with Crippen LogP contribution in [0.5, 0.6) is 0 Å². The van der Waals surface area contributed by atoms with E-state index in [9.17, 15) is 0 Å². The molecular formula is C9H16BClO2. The van der Waals surface area contributed by atoms with E-state index in [1.807, 2.05) is 34.6 Å². The molecule has 2 nitrogen and oxygen atoms in total. The number of rotatable bonds is 1. The molecule has 1 aliphatic heterocycles. The minimum absolute atomic E-state index is 0.305.